The van der Waals surface area contributed by atoms with Gasteiger partial charge in [-0.15, -0.1) is 0 Å². The molecule has 0 atom stereocenters. The molecule has 0 radical (unpaired) electrons. The van der Waals surface area contributed by atoms with Gasteiger partial charge in [0.25, 0.3) is 5.91 Å². The lowest BCUT2D eigenvalue weighted by Crippen LogP contribution is -2.12. The van der Waals surface area contributed by atoms with Crippen LogP contribution >= 0.6 is 0 Å². The predicted molar refractivity (Wildman–Crippen MR) is 112 cm³/mol. The van der Waals surface area contributed by atoms with Crippen LogP contribution in [0.15, 0.2) is 66.7 Å². The molecule has 0 fully saturated rings. The molecule has 0 saturated carbocycles. The molecule has 0 heterocycles. The number of anilines is 1. The number of hydrogen-bond donors (Lipinski definition) is 1. The summed E-state index contributed by atoms with van der Waals surface area (Å²) in [6.45, 7) is 2.56. The minimum atomic E-state index is -0.262. The predicted octanol–water partition coefficient (Wildman–Crippen LogP) is 5.15. The first-order valence-corrected chi connectivity index (χ1v) is 9.16. The van der Waals surface area contributed by atoms with Crippen molar-refractivity contribution in [2.45, 2.75) is 6.92 Å². The zero-order valence-corrected chi connectivity index (χ0v) is 16.6. The molecule has 6 heteroatoms. The minimum Gasteiger partial charge on any atom is -0.497 e. The van der Waals surface area contributed by atoms with E-state index in [1.807, 2.05) is 31.2 Å². The Balaban J connectivity index is 1.65. The summed E-state index contributed by atoms with van der Waals surface area (Å²) in [5, 5.41) is 2.85. The molecule has 6 nitrogen and oxygen atoms in total. The summed E-state index contributed by atoms with van der Waals surface area (Å²) in [4.78, 5) is 12.5. The molecule has 1 N–H and O–H groups in total. The van der Waals surface area contributed by atoms with Crippen molar-refractivity contribution in [1.29, 1.82) is 0 Å². The summed E-state index contributed by atoms with van der Waals surface area (Å²) in [7, 11) is 3.08. The highest BCUT2D eigenvalue weighted by molar-refractivity contribution is 6.04. The molecule has 0 spiro atoms. The average Bonchev–Trinajstić information content (AvgIpc) is 2.76. The van der Waals surface area contributed by atoms with Gasteiger partial charge in [-0.2, -0.15) is 0 Å². The molecule has 3 aromatic carbocycles. The van der Waals surface area contributed by atoms with E-state index in [9.17, 15) is 4.79 Å². The molecule has 150 valence electrons. The van der Waals surface area contributed by atoms with E-state index >= 15 is 0 Å². The Hall–Kier alpha value is -3.67. The number of benzene rings is 3. The SMILES string of the molecule is CCOc1ccc(Oc2ccc(NC(=O)c3cc(OC)cc(OC)c3)cc2)cc1. The van der Waals surface area contributed by atoms with E-state index in [1.165, 1.54) is 0 Å². The van der Waals surface area contributed by atoms with Gasteiger partial charge in [0, 0.05) is 17.3 Å². The van der Waals surface area contributed by atoms with E-state index in [1.54, 1.807) is 56.7 Å². The molecule has 0 unspecified atom stereocenters. The zero-order valence-electron chi connectivity index (χ0n) is 16.6. The van der Waals surface area contributed by atoms with E-state index < -0.39 is 0 Å². The first-order chi connectivity index (χ1) is 14.1. The Labute approximate surface area is 170 Å². The van der Waals surface area contributed by atoms with Gasteiger partial charge in [-0.05, 0) is 67.6 Å². The first-order valence-electron chi connectivity index (χ1n) is 9.16. The largest absolute Gasteiger partial charge is 0.497 e. The van der Waals surface area contributed by atoms with Gasteiger partial charge in [0.15, 0.2) is 0 Å². The number of methoxy groups -OCH3 is 2. The van der Waals surface area contributed by atoms with Crippen molar-refractivity contribution in [1.82, 2.24) is 0 Å². The lowest BCUT2D eigenvalue weighted by atomic mass is 10.1. The lowest BCUT2D eigenvalue weighted by Gasteiger charge is -2.10. The molecule has 0 aliphatic carbocycles. The Bertz CT molecular complexity index is 930. The normalized spacial score (nSPS) is 10.2. The summed E-state index contributed by atoms with van der Waals surface area (Å²) >= 11 is 0. The second-order valence-corrected chi connectivity index (χ2v) is 6.09. The van der Waals surface area contributed by atoms with E-state index in [4.69, 9.17) is 18.9 Å². The van der Waals surface area contributed by atoms with Crippen LogP contribution in [0.1, 0.15) is 17.3 Å². The Morgan fingerprint density at radius 1 is 0.759 bits per heavy atom. The van der Waals surface area contributed by atoms with Crippen LogP contribution in [0.25, 0.3) is 0 Å². The summed E-state index contributed by atoms with van der Waals surface area (Å²) in [6.07, 6.45) is 0. The van der Waals surface area contributed by atoms with Crippen LogP contribution in [-0.2, 0) is 0 Å². The van der Waals surface area contributed by atoms with E-state index in [0.717, 1.165) is 5.75 Å². The number of nitrogens with one attached hydrogen (secondary N) is 1. The van der Waals surface area contributed by atoms with Crippen LogP contribution in [0.5, 0.6) is 28.7 Å². The Morgan fingerprint density at radius 2 is 1.28 bits per heavy atom. The third-order valence-corrected chi connectivity index (χ3v) is 4.10. The van der Waals surface area contributed by atoms with Crippen molar-refractivity contribution in [3.8, 4) is 28.7 Å². The molecule has 3 aromatic rings. The van der Waals surface area contributed by atoms with Gasteiger partial charge in [0.05, 0.1) is 20.8 Å². The highest BCUT2D eigenvalue weighted by atomic mass is 16.5. The number of hydrogen-bond acceptors (Lipinski definition) is 5. The second-order valence-electron chi connectivity index (χ2n) is 6.09. The maximum Gasteiger partial charge on any atom is 0.255 e. The summed E-state index contributed by atoms with van der Waals surface area (Å²) in [5.41, 5.74) is 1.09. The third kappa shape index (κ3) is 5.42. The van der Waals surface area contributed by atoms with Gasteiger partial charge in [-0.25, -0.2) is 0 Å². The van der Waals surface area contributed by atoms with Gasteiger partial charge >= 0.3 is 0 Å². The van der Waals surface area contributed by atoms with E-state index in [2.05, 4.69) is 5.32 Å². The van der Waals surface area contributed by atoms with Gasteiger partial charge in [-0.1, -0.05) is 0 Å². The average molecular weight is 393 g/mol. The number of rotatable bonds is 8. The molecule has 0 bridgehead atoms. The number of amides is 1. The number of carbonyl (C=O) groups excluding carboxylic acids is 1. The van der Waals surface area contributed by atoms with Crippen molar-refractivity contribution in [3.05, 3.63) is 72.3 Å². The Kier molecular flexibility index (Phi) is 6.58. The van der Waals surface area contributed by atoms with Crippen molar-refractivity contribution >= 4 is 11.6 Å². The quantitative estimate of drug-likeness (QED) is 0.573. The molecule has 3 rings (SSSR count). The monoisotopic (exact) mass is 393 g/mol. The van der Waals surface area contributed by atoms with Crippen LogP contribution in [0.2, 0.25) is 0 Å². The van der Waals surface area contributed by atoms with Crippen LogP contribution < -0.4 is 24.3 Å². The summed E-state index contributed by atoms with van der Waals surface area (Å²) < 4.78 is 21.6. The highest BCUT2D eigenvalue weighted by Gasteiger charge is 2.10. The standard InChI is InChI=1S/C23H23NO5/c1-4-28-18-9-11-20(12-10-18)29-19-7-5-17(6-8-19)24-23(25)16-13-21(26-2)15-22(14-16)27-3/h5-15H,4H2,1-3H3,(H,24,25). The molecule has 1 amide bonds. The molecule has 29 heavy (non-hydrogen) atoms. The molecular formula is C23H23NO5. The van der Waals surface area contributed by atoms with Crippen molar-refractivity contribution in [2.75, 3.05) is 26.1 Å². The van der Waals surface area contributed by atoms with Crippen LogP contribution in [0.4, 0.5) is 5.69 Å². The fourth-order valence-electron chi connectivity index (χ4n) is 2.65. The smallest absolute Gasteiger partial charge is 0.255 e. The second kappa shape index (κ2) is 9.50. The lowest BCUT2D eigenvalue weighted by molar-refractivity contribution is 0.102. The highest BCUT2D eigenvalue weighted by Crippen LogP contribution is 2.26. The van der Waals surface area contributed by atoms with Crippen molar-refractivity contribution < 1.29 is 23.7 Å². The third-order valence-electron chi connectivity index (χ3n) is 4.10. The fraction of sp³-hybridized carbons (Fsp3) is 0.174. The van der Waals surface area contributed by atoms with Crippen molar-refractivity contribution in [3.63, 3.8) is 0 Å². The number of ether oxygens (including phenoxy) is 4. The zero-order chi connectivity index (χ0) is 20.6. The maximum absolute atomic E-state index is 12.5. The van der Waals surface area contributed by atoms with Gasteiger partial charge < -0.3 is 24.3 Å². The minimum absolute atomic E-state index is 0.262. The van der Waals surface area contributed by atoms with Gasteiger partial charge in [-0.3, -0.25) is 4.79 Å². The summed E-state index contributed by atoms with van der Waals surface area (Å²) in [5.74, 6) is 3.00. The van der Waals surface area contributed by atoms with Crippen LogP contribution in [-0.4, -0.2) is 26.7 Å². The fourth-order valence-corrected chi connectivity index (χ4v) is 2.65. The first kappa shape index (κ1) is 20.1. The topological polar surface area (TPSA) is 66.0 Å². The molecule has 0 aliphatic rings. The van der Waals surface area contributed by atoms with E-state index in [-0.39, 0.29) is 5.91 Å². The molecular weight excluding hydrogens is 370 g/mol. The van der Waals surface area contributed by atoms with Crippen LogP contribution in [0, 0.1) is 0 Å². The van der Waals surface area contributed by atoms with E-state index in [0.29, 0.717) is 40.9 Å². The van der Waals surface area contributed by atoms with Gasteiger partial charge in [0.1, 0.15) is 28.7 Å². The molecule has 0 saturated heterocycles. The maximum atomic E-state index is 12.5. The summed E-state index contributed by atoms with van der Waals surface area (Å²) in [6, 6.07) is 19.6. The molecule has 0 aromatic heterocycles. The van der Waals surface area contributed by atoms with Crippen LogP contribution in [0.3, 0.4) is 0 Å². The molecule has 0 aliphatic heterocycles. The Morgan fingerprint density at radius 3 is 1.79 bits per heavy atom. The number of carbonyl (C=O) groups is 1. The van der Waals surface area contributed by atoms with Gasteiger partial charge in [0.2, 0.25) is 0 Å². The van der Waals surface area contributed by atoms with Crippen molar-refractivity contribution in [2.24, 2.45) is 0 Å².